The van der Waals surface area contributed by atoms with E-state index in [1.54, 1.807) is 6.92 Å². The monoisotopic (exact) mass is 288 g/mol. The van der Waals surface area contributed by atoms with Gasteiger partial charge in [-0.05, 0) is 20.4 Å². The summed E-state index contributed by atoms with van der Waals surface area (Å²) in [5.41, 5.74) is 0.317. The van der Waals surface area contributed by atoms with E-state index in [1.807, 2.05) is 7.05 Å². The van der Waals surface area contributed by atoms with Gasteiger partial charge in [-0.25, -0.2) is 4.98 Å². The topological polar surface area (TPSA) is 97.0 Å². The summed E-state index contributed by atoms with van der Waals surface area (Å²) in [4.78, 5) is 26.3. The number of hydrogen-bond acceptors (Lipinski definition) is 7. The molecule has 1 fully saturated rings. The third-order valence-corrected chi connectivity index (χ3v) is 3.51. The van der Waals surface area contributed by atoms with E-state index < -0.39 is 0 Å². The summed E-state index contributed by atoms with van der Waals surface area (Å²) in [6.07, 6.45) is 5.21. The minimum absolute atomic E-state index is 0.0155. The number of rotatable bonds is 3. The van der Waals surface area contributed by atoms with Crippen molar-refractivity contribution in [1.82, 2.24) is 30.3 Å². The van der Waals surface area contributed by atoms with Crippen molar-refractivity contribution in [2.45, 2.75) is 25.4 Å². The van der Waals surface area contributed by atoms with Gasteiger partial charge in [0.1, 0.15) is 5.69 Å². The highest BCUT2D eigenvalue weighted by atomic mass is 16.5. The fraction of sp³-hybridized carbons (Fsp3) is 0.462. The molecule has 8 nitrogen and oxygen atoms in total. The van der Waals surface area contributed by atoms with Gasteiger partial charge in [0.25, 0.3) is 5.91 Å². The smallest absolute Gasteiger partial charge is 0.271 e. The number of likely N-dealkylation sites (N-methyl/N-ethyl adjacent to an activating group) is 1. The maximum Gasteiger partial charge on any atom is 0.271 e. The molecule has 0 radical (unpaired) electrons. The van der Waals surface area contributed by atoms with Crippen molar-refractivity contribution in [1.29, 1.82) is 0 Å². The largest absolute Gasteiger partial charge is 0.347 e. The third-order valence-electron chi connectivity index (χ3n) is 3.51. The Kier molecular flexibility index (Phi) is 3.61. The van der Waals surface area contributed by atoms with Gasteiger partial charge in [0.2, 0.25) is 5.89 Å². The maximum absolute atomic E-state index is 12.1. The van der Waals surface area contributed by atoms with Crippen molar-refractivity contribution >= 4 is 5.91 Å². The number of likely N-dealkylation sites (tertiary alicyclic amines) is 1. The molecule has 1 amide bonds. The second-order valence-corrected chi connectivity index (χ2v) is 5.13. The van der Waals surface area contributed by atoms with Gasteiger partial charge in [-0.1, -0.05) is 5.16 Å². The summed E-state index contributed by atoms with van der Waals surface area (Å²) in [7, 11) is 1.97. The first-order valence-electron chi connectivity index (χ1n) is 6.71. The van der Waals surface area contributed by atoms with Gasteiger partial charge in [-0.3, -0.25) is 14.7 Å². The summed E-state index contributed by atoms with van der Waals surface area (Å²) in [6.45, 7) is 2.51. The summed E-state index contributed by atoms with van der Waals surface area (Å²) in [6, 6.07) is 0.0417. The first kappa shape index (κ1) is 13.6. The molecule has 21 heavy (non-hydrogen) atoms. The van der Waals surface area contributed by atoms with Crippen LogP contribution in [0.2, 0.25) is 0 Å². The molecule has 0 unspecified atom stereocenters. The van der Waals surface area contributed by atoms with Gasteiger partial charge < -0.3 is 9.84 Å². The van der Waals surface area contributed by atoms with Crippen LogP contribution >= 0.6 is 0 Å². The van der Waals surface area contributed by atoms with E-state index in [4.69, 9.17) is 4.52 Å². The molecule has 1 aliphatic rings. The van der Waals surface area contributed by atoms with Crippen LogP contribution in [0.5, 0.6) is 0 Å². The highest BCUT2D eigenvalue weighted by Crippen LogP contribution is 2.29. The van der Waals surface area contributed by atoms with Crippen LogP contribution in [0.15, 0.2) is 23.1 Å². The molecule has 0 bridgehead atoms. The molecule has 3 rings (SSSR count). The van der Waals surface area contributed by atoms with Gasteiger partial charge in [0, 0.05) is 25.0 Å². The van der Waals surface area contributed by atoms with E-state index in [-0.39, 0.29) is 18.0 Å². The van der Waals surface area contributed by atoms with Crippen LogP contribution in [0.25, 0.3) is 0 Å². The lowest BCUT2D eigenvalue weighted by molar-refractivity contribution is 0.0933. The summed E-state index contributed by atoms with van der Waals surface area (Å²) >= 11 is 0. The number of carbonyl (C=O) groups is 1. The van der Waals surface area contributed by atoms with E-state index in [1.165, 1.54) is 18.6 Å². The van der Waals surface area contributed by atoms with Crippen molar-refractivity contribution in [2.75, 3.05) is 13.6 Å². The minimum atomic E-state index is -0.219. The average Bonchev–Trinajstić information content (AvgIpc) is 3.06. The van der Waals surface area contributed by atoms with Gasteiger partial charge in [0.15, 0.2) is 5.82 Å². The number of carbonyl (C=O) groups excluding carboxylic acids is 1. The van der Waals surface area contributed by atoms with E-state index >= 15 is 0 Å². The summed E-state index contributed by atoms with van der Waals surface area (Å²) < 4.78 is 5.22. The van der Waals surface area contributed by atoms with Crippen LogP contribution in [0.1, 0.15) is 34.7 Å². The Balaban J connectivity index is 1.65. The fourth-order valence-electron chi connectivity index (χ4n) is 2.52. The second-order valence-electron chi connectivity index (χ2n) is 5.13. The molecule has 2 atom stereocenters. The molecule has 3 heterocycles. The Morgan fingerprint density at radius 3 is 3.00 bits per heavy atom. The average molecular weight is 288 g/mol. The lowest BCUT2D eigenvalue weighted by Gasteiger charge is -2.14. The van der Waals surface area contributed by atoms with Crippen LogP contribution < -0.4 is 5.32 Å². The van der Waals surface area contributed by atoms with Crippen molar-refractivity contribution in [3.05, 3.63) is 36.0 Å². The normalized spacial score (nSPS) is 22.4. The lowest BCUT2D eigenvalue weighted by Crippen LogP contribution is -2.36. The van der Waals surface area contributed by atoms with Gasteiger partial charge in [0.05, 0.1) is 12.2 Å². The zero-order chi connectivity index (χ0) is 14.8. The van der Waals surface area contributed by atoms with Crippen molar-refractivity contribution in [3.8, 4) is 0 Å². The number of hydrogen-bond donors (Lipinski definition) is 1. The number of amides is 1. The molecular weight excluding hydrogens is 272 g/mol. The van der Waals surface area contributed by atoms with Crippen LogP contribution in [0, 0.1) is 6.92 Å². The fourth-order valence-corrected chi connectivity index (χ4v) is 2.52. The zero-order valence-corrected chi connectivity index (χ0v) is 11.9. The molecule has 8 heteroatoms. The predicted octanol–water partition coefficient (Wildman–Crippen LogP) is 0.343. The van der Waals surface area contributed by atoms with Crippen LogP contribution in [0.4, 0.5) is 0 Å². The van der Waals surface area contributed by atoms with E-state index in [0.29, 0.717) is 17.4 Å². The molecule has 1 N–H and O–H groups in total. The van der Waals surface area contributed by atoms with Gasteiger partial charge in [-0.2, -0.15) is 4.98 Å². The highest BCUT2D eigenvalue weighted by molar-refractivity contribution is 5.92. The van der Waals surface area contributed by atoms with Crippen molar-refractivity contribution in [2.24, 2.45) is 0 Å². The Bertz CT molecular complexity index is 629. The first-order valence-corrected chi connectivity index (χ1v) is 6.71. The molecule has 0 spiro atoms. The van der Waals surface area contributed by atoms with Gasteiger partial charge >= 0.3 is 0 Å². The second kappa shape index (κ2) is 5.57. The van der Waals surface area contributed by atoms with Gasteiger partial charge in [-0.15, -0.1) is 0 Å². The quantitative estimate of drug-likeness (QED) is 0.870. The molecule has 0 saturated carbocycles. The van der Waals surface area contributed by atoms with Crippen LogP contribution in [-0.2, 0) is 0 Å². The molecule has 0 aromatic carbocycles. The van der Waals surface area contributed by atoms with E-state index in [0.717, 1.165) is 13.0 Å². The van der Waals surface area contributed by atoms with E-state index in [9.17, 15) is 4.79 Å². The standard InChI is InChI=1S/C13H16N6O2/c1-8-16-13(21-18-8)11-5-9(7-19(11)2)17-12(20)10-6-14-3-4-15-10/h3-4,6,9,11H,5,7H2,1-2H3,(H,17,20)/t9-,11-/m0/s1. The molecule has 2 aromatic rings. The number of nitrogens with one attached hydrogen (secondary N) is 1. The number of aryl methyl sites for hydroxylation is 1. The molecule has 1 aliphatic heterocycles. The molecule has 1 saturated heterocycles. The maximum atomic E-state index is 12.1. The first-order chi connectivity index (χ1) is 10.1. The number of nitrogens with zero attached hydrogens (tertiary/aromatic N) is 5. The highest BCUT2D eigenvalue weighted by Gasteiger charge is 2.35. The Morgan fingerprint density at radius 2 is 2.33 bits per heavy atom. The Hall–Kier alpha value is -2.35. The van der Waals surface area contributed by atoms with Crippen molar-refractivity contribution < 1.29 is 9.32 Å². The van der Waals surface area contributed by atoms with Crippen LogP contribution in [0.3, 0.4) is 0 Å². The van der Waals surface area contributed by atoms with Crippen LogP contribution in [-0.4, -0.2) is 50.5 Å². The zero-order valence-electron chi connectivity index (χ0n) is 11.9. The lowest BCUT2D eigenvalue weighted by atomic mass is 10.1. The Morgan fingerprint density at radius 1 is 1.48 bits per heavy atom. The van der Waals surface area contributed by atoms with Crippen molar-refractivity contribution in [3.63, 3.8) is 0 Å². The molecule has 0 aliphatic carbocycles. The molecule has 110 valence electrons. The predicted molar refractivity (Wildman–Crippen MR) is 72.3 cm³/mol. The summed E-state index contributed by atoms with van der Waals surface area (Å²) in [5.74, 6) is 0.987. The molecular formula is C13H16N6O2. The number of aromatic nitrogens is 4. The summed E-state index contributed by atoms with van der Waals surface area (Å²) in [5, 5.41) is 6.77. The Labute approximate surface area is 121 Å². The third kappa shape index (κ3) is 2.89. The SMILES string of the molecule is Cc1noc([C@@H]2C[C@H](NC(=O)c3cnccn3)CN2C)n1. The molecule has 2 aromatic heterocycles. The minimum Gasteiger partial charge on any atom is -0.347 e. The van der Waals surface area contributed by atoms with E-state index in [2.05, 4.69) is 30.3 Å².